The number of rotatable bonds is 9. The predicted molar refractivity (Wildman–Crippen MR) is 113 cm³/mol. The first-order valence-electron chi connectivity index (χ1n) is 10.1. The summed E-state index contributed by atoms with van der Waals surface area (Å²) >= 11 is 0. The summed E-state index contributed by atoms with van der Waals surface area (Å²) in [7, 11) is 3.15. The molecule has 0 saturated carbocycles. The first kappa shape index (κ1) is 21.0. The van der Waals surface area contributed by atoms with E-state index in [1.165, 1.54) is 0 Å². The lowest BCUT2D eigenvalue weighted by molar-refractivity contribution is 0.0909. The van der Waals surface area contributed by atoms with E-state index in [9.17, 15) is 4.79 Å². The molecule has 1 aliphatic rings. The number of methoxy groups -OCH3 is 2. The van der Waals surface area contributed by atoms with Gasteiger partial charge in [0, 0.05) is 31.2 Å². The highest BCUT2D eigenvalue weighted by atomic mass is 16.5. The summed E-state index contributed by atoms with van der Waals surface area (Å²) in [5.74, 6) is 2.03. The summed E-state index contributed by atoms with van der Waals surface area (Å²) in [6.45, 7) is 3.72. The predicted octanol–water partition coefficient (Wildman–Crippen LogP) is 3.37. The van der Waals surface area contributed by atoms with Gasteiger partial charge < -0.3 is 24.4 Å². The molecule has 0 atom stereocenters. The Bertz CT molecular complexity index is 774. The number of nitrogens with zero attached hydrogens (tertiary/aromatic N) is 1. The summed E-state index contributed by atoms with van der Waals surface area (Å²) < 4.78 is 16.3. The quantitative estimate of drug-likeness (QED) is 0.657. The van der Waals surface area contributed by atoms with Crippen molar-refractivity contribution >= 4 is 5.91 Å². The molecule has 0 bridgehead atoms. The van der Waals surface area contributed by atoms with Gasteiger partial charge in [0.15, 0.2) is 11.5 Å². The maximum Gasteiger partial charge on any atom is 0.251 e. The Morgan fingerprint density at radius 1 is 1.03 bits per heavy atom. The number of ether oxygens (including phenoxy) is 3. The largest absolute Gasteiger partial charge is 0.494 e. The summed E-state index contributed by atoms with van der Waals surface area (Å²) in [6, 6.07) is 15.3. The Balaban J connectivity index is 1.37. The minimum Gasteiger partial charge on any atom is -0.494 e. The molecule has 1 amide bonds. The van der Waals surface area contributed by atoms with Crippen LogP contribution >= 0.6 is 0 Å². The Morgan fingerprint density at radius 2 is 1.76 bits per heavy atom. The summed E-state index contributed by atoms with van der Waals surface area (Å²) in [5, 5.41) is 3.15. The number of amides is 1. The van der Waals surface area contributed by atoms with Crippen LogP contribution < -0.4 is 19.5 Å². The highest BCUT2D eigenvalue weighted by Crippen LogP contribution is 2.27. The van der Waals surface area contributed by atoms with Crippen molar-refractivity contribution in [3.05, 3.63) is 54.1 Å². The third kappa shape index (κ3) is 6.12. The number of carbonyl (C=O) groups excluding carboxylic acids is 1. The van der Waals surface area contributed by atoms with Gasteiger partial charge in [0.05, 0.1) is 20.8 Å². The van der Waals surface area contributed by atoms with Crippen molar-refractivity contribution in [2.75, 3.05) is 40.5 Å². The molecule has 1 saturated heterocycles. The molecule has 1 heterocycles. The van der Waals surface area contributed by atoms with Gasteiger partial charge in [-0.3, -0.25) is 4.79 Å². The Kier molecular flexibility index (Phi) is 7.76. The summed E-state index contributed by atoms with van der Waals surface area (Å²) in [6.07, 6.45) is 2.91. The van der Waals surface area contributed by atoms with Gasteiger partial charge in [-0.2, -0.15) is 0 Å². The van der Waals surface area contributed by atoms with Gasteiger partial charge >= 0.3 is 0 Å². The first-order chi connectivity index (χ1) is 14.2. The standard InChI is InChI=1S/C23H30N2O4/c1-27-21-10-9-18(17-22(21)28-2)23(26)24-19-11-14-25(15-12-19)13-6-16-29-20-7-4-3-5-8-20/h3-5,7-10,17,19H,6,11-16H2,1-2H3,(H,24,26). The van der Waals surface area contributed by atoms with Gasteiger partial charge in [0.25, 0.3) is 5.91 Å². The highest BCUT2D eigenvalue weighted by Gasteiger charge is 2.21. The minimum atomic E-state index is -0.0688. The van der Waals surface area contributed by atoms with Crippen molar-refractivity contribution in [3.63, 3.8) is 0 Å². The minimum absolute atomic E-state index is 0.0688. The molecule has 29 heavy (non-hydrogen) atoms. The van der Waals surface area contributed by atoms with Gasteiger partial charge in [-0.05, 0) is 49.6 Å². The van der Waals surface area contributed by atoms with E-state index in [0.29, 0.717) is 17.1 Å². The second-order valence-corrected chi connectivity index (χ2v) is 7.17. The van der Waals surface area contributed by atoms with Crippen LogP contribution in [0.4, 0.5) is 0 Å². The SMILES string of the molecule is COc1ccc(C(=O)NC2CCN(CCCOc3ccccc3)CC2)cc1OC. The lowest BCUT2D eigenvalue weighted by Crippen LogP contribution is -2.45. The average molecular weight is 399 g/mol. The fourth-order valence-corrected chi connectivity index (χ4v) is 3.54. The number of hydrogen-bond acceptors (Lipinski definition) is 5. The van der Waals surface area contributed by atoms with Crippen molar-refractivity contribution in [1.29, 1.82) is 0 Å². The van der Waals surface area contributed by atoms with Crippen LogP contribution in [0.5, 0.6) is 17.2 Å². The van der Waals surface area contributed by atoms with E-state index in [0.717, 1.165) is 51.3 Å². The highest BCUT2D eigenvalue weighted by molar-refractivity contribution is 5.95. The monoisotopic (exact) mass is 398 g/mol. The molecular formula is C23H30N2O4. The molecule has 0 aliphatic carbocycles. The topological polar surface area (TPSA) is 60.0 Å². The molecule has 0 aromatic heterocycles. The summed E-state index contributed by atoms with van der Waals surface area (Å²) in [5.41, 5.74) is 0.586. The fraction of sp³-hybridized carbons (Fsp3) is 0.435. The second-order valence-electron chi connectivity index (χ2n) is 7.17. The van der Waals surface area contributed by atoms with Crippen LogP contribution in [0.3, 0.4) is 0 Å². The molecule has 6 nitrogen and oxygen atoms in total. The van der Waals surface area contributed by atoms with Crippen LogP contribution in [0, 0.1) is 0 Å². The van der Waals surface area contributed by atoms with E-state index >= 15 is 0 Å². The maximum absolute atomic E-state index is 12.6. The van der Waals surface area contributed by atoms with Crippen LogP contribution in [-0.4, -0.2) is 57.3 Å². The zero-order valence-electron chi connectivity index (χ0n) is 17.2. The third-order valence-electron chi connectivity index (χ3n) is 5.20. The first-order valence-corrected chi connectivity index (χ1v) is 10.1. The van der Waals surface area contributed by atoms with Gasteiger partial charge in [-0.25, -0.2) is 0 Å². The van der Waals surface area contributed by atoms with Gasteiger partial charge in [-0.15, -0.1) is 0 Å². The number of likely N-dealkylation sites (tertiary alicyclic amines) is 1. The Hall–Kier alpha value is -2.73. The van der Waals surface area contributed by atoms with Crippen molar-refractivity contribution in [2.24, 2.45) is 0 Å². The van der Waals surface area contributed by atoms with Gasteiger partial charge in [-0.1, -0.05) is 18.2 Å². The lowest BCUT2D eigenvalue weighted by atomic mass is 10.0. The molecule has 3 rings (SSSR count). The second kappa shape index (κ2) is 10.7. The number of carbonyl (C=O) groups is 1. The van der Waals surface area contributed by atoms with Crippen LogP contribution in [0.25, 0.3) is 0 Å². The van der Waals surface area contributed by atoms with Crippen LogP contribution in [0.1, 0.15) is 29.6 Å². The number of nitrogens with one attached hydrogen (secondary N) is 1. The molecule has 2 aromatic rings. The maximum atomic E-state index is 12.6. The molecule has 0 spiro atoms. The fourth-order valence-electron chi connectivity index (χ4n) is 3.54. The molecule has 156 valence electrons. The molecule has 1 fully saturated rings. The van der Waals surface area contributed by atoms with Crippen molar-refractivity contribution < 1.29 is 19.0 Å². The van der Waals surface area contributed by atoms with E-state index in [2.05, 4.69) is 10.2 Å². The van der Waals surface area contributed by atoms with Crippen LogP contribution in [0.2, 0.25) is 0 Å². The Labute approximate surface area is 172 Å². The van der Waals surface area contributed by atoms with Crippen molar-refractivity contribution in [2.45, 2.75) is 25.3 Å². The molecule has 1 aliphatic heterocycles. The smallest absolute Gasteiger partial charge is 0.251 e. The van der Waals surface area contributed by atoms with Crippen LogP contribution in [-0.2, 0) is 0 Å². The van der Waals surface area contributed by atoms with Crippen molar-refractivity contribution in [1.82, 2.24) is 10.2 Å². The van der Waals surface area contributed by atoms with Gasteiger partial charge in [0.1, 0.15) is 5.75 Å². The average Bonchev–Trinajstić information content (AvgIpc) is 2.78. The van der Waals surface area contributed by atoms with Crippen LogP contribution in [0.15, 0.2) is 48.5 Å². The Morgan fingerprint density at radius 3 is 2.45 bits per heavy atom. The molecular weight excluding hydrogens is 368 g/mol. The van der Waals surface area contributed by atoms with E-state index in [4.69, 9.17) is 14.2 Å². The molecule has 0 unspecified atom stereocenters. The third-order valence-corrected chi connectivity index (χ3v) is 5.20. The zero-order chi connectivity index (χ0) is 20.5. The number of piperidine rings is 1. The summed E-state index contributed by atoms with van der Waals surface area (Å²) in [4.78, 5) is 15.0. The van der Waals surface area contributed by atoms with E-state index in [-0.39, 0.29) is 11.9 Å². The van der Waals surface area contributed by atoms with E-state index in [1.807, 2.05) is 30.3 Å². The number of hydrogen-bond donors (Lipinski definition) is 1. The van der Waals surface area contributed by atoms with E-state index in [1.54, 1.807) is 32.4 Å². The number of benzene rings is 2. The molecule has 1 N–H and O–H groups in total. The van der Waals surface area contributed by atoms with Crippen molar-refractivity contribution in [3.8, 4) is 17.2 Å². The normalized spacial score (nSPS) is 15.0. The number of para-hydroxylation sites is 1. The lowest BCUT2D eigenvalue weighted by Gasteiger charge is -2.32. The molecule has 2 aromatic carbocycles. The molecule has 0 radical (unpaired) electrons. The zero-order valence-corrected chi connectivity index (χ0v) is 17.2. The van der Waals surface area contributed by atoms with E-state index < -0.39 is 0 Å². The van der Waals surface area contributed by atoms with Gasteiger partial charge in [0.2, 0.25) is 0 Å². The molecule has 6 heteroatoms.